The minimum Gasteiger partial charge on any atom is -0.480 e. The van der Waals surface area contributed by atoms with Crippen LogP contribution in [-0.4, -0.2) is 65.6 Å². The molecular formula is C44H57N4O5PS. The van der Waals surface area contributed by atoms with Gasteiger partial charge in [-0.05, 0) is 136 Å². The Kier molecular flexibility index (Phi) is 17.7. The number of aliphatic carboxylic acids is 1. The Morgan fingerprint density at radius 1 is 0.964 bits per heavy atom. The summed E-state index contributed by atoms with van der Waals surface area (Å²) in [5.74, 6) is -0.304. The number of nitrogens with zero attached hydrogens (tertiary/aromatic N) is 2. The first-order valence-electron chi connectivity index (χ1n) is 19.1. The number of aromatic nitrogens is 1. The molecule has 1 aromatic heterocycles. The van der Waals surface area contributed by atoms with E-state index in [4.69, 9.17) is 14.4 Å². The van der Waals surface area contributed by atoms with Crippen molar-refractivity contribution < 1.29 is 24.0 Å². The second-order valence-electron chi connectivity index (χ2n) is 14.6. The number of primary amides is 1. The fourth-order valence-electron chi connectivity index (χ4n) is 6.57. The molecule has 1 saturated heterocycles. The van der Waals surface area contributed by atoms with E-state index in [0.717, 1.165) is 65.2 Å². The molecule has 4 aromatic rings. The second kappa shape index (κ2) is 22.3. The molecule has 0 radical (unpaired) electrons. The van der Waals surface area contributed by atoms with Crippen LogP contribution in [0.25, 0.3) is 11.3 Å². The highest BCUT2D eigenvalue weighted by molar-refractivity contribution is 7.99. The van der Waals surface area contributed by atoms with Crippen LogP contribution >= 0.6 is 19.9 Å². The van der Waals surface area contributed by atoms with Crippen LogP contribution in [0, 0.1) is 6.92 Å². The van der Waals surface area contributed by atoms with E-state index >= 15 is 0 Å². The molecule has 2 aliphatic rings. The van der Waals surface area contributed by atoms with E-state index in [1.807, 2.05) is 55.0 Å². The van der Waals surface area contributed by atoms with Crippen molar-refractivity contribution in [3.05, 3.63) is 113 Å². The Bertz CT molecular complexity index is 1820. The number of hydrogen-bond acceptors (Lipinski definition) is 7. The maximum atomic E-state index is 13.5. The average molecular weight is 785 g/mol. The predicted octanol–water partition coefficient (Wildman–Crippen LogP) is 9.50. The molecule has 2 heterocycles. The summed E-state index contributed by atoms with van der Waals surface area (Å²) >= 11 is 1.83. The van der Waals surface area contributed by atoms with Gasteiger partial charge in [0, 0.05) is 54.7 Å². The highest BCUT2D eigenvalue weighted by atomic mass is 32.2. The van der Waals surface area contributed by atoms with Crippen LogP contribution in [0.5, 0.6) is 0 Å². The normalized spacial score (nSPS) is 14.2. The van der Waals surface area contributed by atoms with Crippen molar-refractivity contribution in [1.82, 2.24) is 4.98 Å². The summed E-state index contributed by atoms with van der Waals surface area (Å²) in [6.45, 7) is 10.3. The Morgan fingerprint density at radius 2 is 1.65 bits per heavy atom. The summed E-state index contributed by atoms with van der Waals surface area (Å²) in [5, 5.41) is 12.0. The number of hydrogen-bond donors (Lipinski definition) is 3. The first-order valence-corrected chi connectivity index (χ1v) is 22.0. The molecule has 0 bridgehead atoms. The van der Waals surface area contributed by atoms with E-state index in [0.29, 0.717) is 5.56 Å². The molecule has 1 aliphatic carbocycles. The molecule has 11 heteroatoms. The number of benzene rings is 3. The first kappa shape index (κ1) is 43.5. The minimum absolute atomic E-state index is 0.00669. The van der Waals surface area contributed by atoms with Crippen molar-refractivity contribution in [3.8, 4) is 11.3 Å². The number of carbonyl (C=O) groups is 3. The van der Waals surface area contributed by atoms with Crippen molar-refractivity contribution in [1.29, 1.82) is 0 Å². The third-order valence-corrected chi connectivity index (χ3v) is 12.6. The maximum Gasteiger partial charge on any atom is 0.330 e. The highest BCUT2D eigenvalue weighted by Crippen LogP contribution is 2.39. The van der Waals surface area contributed by atoms with E-state index in [1.165, 1.54) is 44.9 Å². The largest absolute Gasteiger partial charge is 0.480 e. The Labute approximate surface area is 332 Å². The standard InChI is InChI=1S/C33H42N3O4PS.C10H12.CH3NO/c1-24-13-15-34-30(19-24)28-21-27(36-16-6-5-7-17-36)11-12-29(28)35-32(39)26-10-8-9-25(20-26)23-42-33(2,3)14-18-41(4)40-22-31(37)38;1-2-6-10-8-4-3-7-9(10)5-1;2-1-3/h8-13,15,19-21H,5-7,14,16-18,22-23H2,1-4H3,(H,35,39)(H,37,38);1-2,5-6H,3-4,7-8H2;1H,(H2,2,3). The molecule has 55 heavy (non-hydrogen) atoms. The van der Waals surface area contributed by atoms with Gasteiger partial charge in [-0.2, -0.15) is 11.8 Å². The van der Waals surface area contributed by atoms with E-state index in [2.05, 4.69) is 90.2 Å². The molecule has 2 amide bonds. The van der Waals surface area contributed by atoms with Gasteiger partial charge in [0.05, 0.1) is 11.4 Å². The highest BCUT2D eigenvalue weighted by Gasteiger charge is 2.21. The summed E-state index contributed by atoms with van der Waals surface area (Å²) in [6, 6.07) is 26.9. The van der Waals surface area contributed by atoms with Gasteiger partial charge in [-0.3, -0.25) is 14.6 Å². The van der Waals surface area contributed by atoms with Gasteiger partial charge in [0.2, 0.25) is 6.41 Å². The van der Waals surface area contributed by atoms with E-state index in [9.17, 15) is 9.59 Å². The summed E-state index contributed by atoms with van der Waals surface area (Å²) in [7, 11) is -0.763. The zero-order valence-corrected chi connectivity index (χ0v) is 34.5. The number of nitrogens with two attached hydrogens (primary N) is 1. The smallest absolute Gasteiger partial charge is 0.330 e. The van der Waals surface area contributed by atoms with Crippen molar-refractivity contribution in [2.24, 2.45) is 5.73 Å². The van der Waals surface area contributed by atoms with Crippen LogP contribution in [0.15, 0.2) is 85.1 Å². The number of rotatable bonds is 13. The van der Waals surface area contributed by atoms with Crippen LogP contribution in [0.1, 0.15) is 85.0 Å². The SMILES string of the molecule is Cc1ccnc(-c2cc(N3CCCCC3)ccc2NC(=O)c2cccc(CSC(C)(C)CCP(C)OCC(=O)O)c2)c1.NC=O.c1ccc2c(c1)CCCC2. The lowest BCUT2D eigenvalue weighted by Gasteiger charge is -2.29. The monoisotopic (exact) mass is 784 g/mol. The number of amides is 2. The van der Waals surface area contributed by atoms with Gasteiger partial charge >= 0.3 is 5.97 Å². The number of fused-ring (bicyclic) bond motifs is 1. The zero-order valence-electron chi connectivity index (χ0n) is 32.8. The van der Waals surface area contributed by atoms with Gasteiger partial charge in [-0.1, -0.05) is 50.2 Å². The van der Waals surface area contributed by atoms with Gasteiger partial charge in [-0.25, -0.2) is 4.79 Å². The molecule has 1 atom stereocenters. The third kappa shape index (κ3) is 14.7. The summed E-state index contributed by atoms with van der Waals surface area (Å²) in [5.41, 5.74) is 13.8. The van der Waals surface area contributed by atoms with Crippen molar-refractivity contribution in [2.45, 2.75) is 82.6 Å². The number of carbonyl (C=O) groups excluding carboxylic acids is 2. The lowest BCUT2D eigenvalue weighted by Crippen LogP contribution is -2.29. The summed E-state index contributed by atoms with van der Waals surface area (Å²) < 4.78 is 5.43. The molecule has 4 N–H and O–H groups in total. The molecule has 0 saturated carbocycles. The van der Waals surface area contributed by atoms with Crippen molar-refractivity contribution >= 4 is 49.6 Å². The average Bonchev–Trinajstić information content (AvgIpc) is 3.20. The quantitative estimate of drug-likeness (QED) is 0.0902. The molecule has 1 aliphatic heterocycles. The zero-order chi connectivity index (χ0) is 39.6. The minimum atomic E-state index is -0.931. The number of piperidine rings is 1. The fraction of sp³-hybridized carbons (Fsp3) is 0.409. The number of nitrogens with one attached hydrogen (secondary N) is 1. The molecular weight excluding hydrogens is 728 g/mol. The van der Waals surface area contributed by atoms with Crippen molar-refractivity contribution in [2.75, 3.05) is 42.7 Å². The number of thioether (sulfide) groups is 1. The van der Waals surface area contributed by atoms with Crippen LogP contribution in [0.3, 0.4) is 0 Å². The van der Waals surface area contributed by atoms with Gasteiger partial charge in [0.1, 0.15) is 6.61 Å². The number of pyridine rings is 1. The molecule has 6 rings (SSSR count). The maximum absolute atomic E-state index is 13.5. The summed E-state index contributed by atoms with van der Waals surface area (Å²) in [4.78, 5) is 39.9. The van der Waals surface area contributed by atoms with Crippen LogP contribution in [0.4, 0.5) is 11.4 Å². The first-order chi connectivity index (χ1) is 26.5. The lowest BCUT2D eigenvalue weighted by molar-refractivity contribution is -0.139. The van der Waals surface area contributed by atoms with Crippen LogP contribution in [-0.2, 0) is 32.7 Å². The van der Waals surface area contributed by atoms with Gasteiger partial charge in [0.25, 0.3) is 5.91 Å². The van der Waals surface area contributed by atoms with Gasteiger partial charge < -0.3 is 25.6 Å². The molecule has 3 aromatic carbocycles. The van der Waals surface area contributed by atoms with Crippen molar-refractivity contribution in [3.63, 3.8) is 0 Å². The lowest BCUT2D eigenvalue weighted by atomic mass is 9.92. The van der Waals surface area contributed by atoms with Gasteiger partial charge in [0.15, 0.2) is 0 Å². The van der Waals surface area contributed by atoms with Gasteiger partial charge in [-0.15, -0.1) is 0 Å². The third-order valence-electron chi connectivity index (χ3n) is 9.68. The number of anilines is 2. The topological polar surface area (TPSA) is 135 Å². The molecule has 0 spiro atoms. The Morgan fingerprint density at radius 3 is 2.31 bits per heavy atom. The Balaban J connectivity index is 0.000000434. The fourth-order valence-corrected chi connectivity index (χ4v) is 9.03. The van der Waals surface area contributed by atoms with E-state index in [1.54, 1.807) is 11.1 Å². The molecule has 1 unspecified atom stereocenters. The second-order valence-corrected chi connectivity index (χ2v) is 18.2. The molecule has 294 valence electrons. The van der Waals surface area contributed by atoms with E-state index < -0.39 is 14.1 Å². The molecule has 1 fully saturated rings. The Hall–Kier alpha value is -4.24. The van der Waals surface area contributed by atoms with Crippen LogP contribution in [0.2, 0.25) is 0 Å². The number of carboxylic acids is 1. The van der Waals surface area contributed by atoms with E-state index in [-0.39, 0.29) is 23.7 Å². The van der Waals surface area contributed by atoms with Crippen LogP contribution < -0.4 is 16.0 Å². The molecule has 9 nitrogen and oxygen atoms in total. The predicted molar refractivity (Wildman–Crippen MR) is 229 cm³/mol. The number of aryl methyl sites for hydroxylation is 3. The summed E-state index contributed by atoms with van der Waals surface area (Å²) in [6.07, 6.45) is 12.9. The number of carboxylic acid groups (broad SMARTS) is 1.